The molecule has 0 bridgehead atoms. The highest BCUT2D eigenvalue weighted by molar-refractivity contribution is 14.0. The van der Waals surface area contributed by atoms with Crippen LogP contribution in [0.5, 0.6) is 0 Å². The van der Waals surface area contributed by atoms with Crippen molar-refractivity contribution in [3.05, 3.63) is 48.0 Å². The number of hydrogen-bond acceptors (Lipinski definition) is 3. The van der Waals surface area contributed by atoms with E-state index in [9.17, 15) is 9.18 Å². The van der Waals surface area contributed by atoms with Gasteiger partial charge in [-0.25, -0.2) is 9.07 Å². The molecule has 0 saturated carbocycles. The lowest BCUT2D eigenvalue weighted by molar-refractivity contribution is -0.129. The number of amides is 1. The van der Waals surface area contributed by atoms with Gasteiger partial charge in [-0.05, 0) is 36.8 Å². The molecule has 2 aromatic rings. The molecule has 1 aromatic carbocycles. The predicted molar refractivity (Wildman–Crippen MR) is 122 cm³/mol. The fourth-order valence-electron chi connectivity index (χ4n) is 3.26. The number of guanidine groups is 1. The van der Waals surface area contributed by atoms with Gasteiger partial charge in [-0.15, -0.1) is 24.0 Å². The van der Waals surface area contributed by atoms with Crippen LogP contribution in [0.4, 0.5) is 4.39 Å². The van der Waals surface area contributed by atoms with Crippen LogP contribution in [-0.2, 0) is 11.2 Å². The van der Waals surface area contributed by atoms with Crippen LogP contribution in [0.2, 0.25) is 0 Å². The van der Waals surface area contributed by atoms with Gasteiger partial charge in [0.2, 0.25) is 5.91 Å². The van der Waals surface area contributed by atoms with Crippen LogP contribution in [-0.4, -0.2) is 59.3 Å². The molecule has 0 aliphatic carbocycles. The molecule has 0 radical (unpaired) electrons. The standard InChI is InChI=1S/C20H27FN6O.HI/c1-3-19(28)26-12-9-17(14-26)24-20(22-2)23-11-8-16-10-13-27(25-16)18-6-4-15(21)5-7-18;/h4-7,10,13,17H,3,8-9,11-12,14H2,1-2H3,(H2,22,23,24);1H. The molecule has 1 fully saturated rings. The van der Waals surface area contributed by atoms with Gasteiger partial charge >= 0.3 is 0 Å². The van der Waals surface area contributed by atoms with Gasteiger partial charge in [0, 0.05) is 51.8 Å². The molecule has 7 nitrogen and oxygen atoms in total. The van der Waals surface area contributed by atoms with Crippen molar-refractivity contribution in [1.82, 2.24) is 25.3 Å². The number of carbonyl (C=O) groups excluding carboxylic acids is 1. The van der Waals surface area contributed by atoms with Gasteiger partial charge in [0.15, 0.2) is 5.96 Å². The highest BCUT2D eigenvalue weighted by atomic mass is 127. The van der Waals surface area contributed by atoms with Crippen molar-refractivity contribution in [2.24, 2.45) is 4.99 Å². The second kappa shape index (κ2) is 11.1. The van der Waals surface area contributed by atoms with E-state index in [4.69, 9.17) is 0 Å². The van der Waals surface area contributed by atoms with E-state index in [1.165, 1.54) is 12.1 Å². The quantitative estimate of drug-likeness (QED) is 0.353. The number of hydrogen-bond donors (Lipinski definition) is 2. The van der Waals surface area contributed by atoms with Gasteiger partial charge in [-0.2, -0.15) is 5.10 Å². The summed E-state index contributed by atoms with van der Waals surface area (Å²) in [5, 5.41) is 11.2. The monoisotopic (exact) mass is 514 g/mol. The van der Waals surface area contributed by atoms with E-state index in [-0.39, 0.29) is 41.7 Å². The third-order valence-corrected chi connectivity index (χ3v) is 4.82. The summed E-state index contributed by atoms with van der Waals surface area (Å²) >= 11 is 0. The van der Waals surface area contributed by atoms with E-state index < -0.39 is 0 Å². The molecular weight excluding hydrogens is 486 g/mol. The van der Waals surface area contributed by atoms with Crippen molar-refractivity contribution in [3.8, 4) is 5.69 Å². The smallest absolute Gasteiger partial charge is 0.222 e. The summed E-state index contributed by atoms with van der Waals surface area (Å²) in [7, 11) is 1.74. The summed E-state index contributed by atoms with van der Waals surface area (Å²) < 4.78 is 14.8. The zero-order valence-corrected chi connectivity index (χ0v) is 19.1. The molecule has 29 heavy (non-hydrogen) atoms. The fourth-order valence-corrected chi connectivity index (χ4v) is 3.26. The number of nitrogens with zero attached hydrogens (tertiary/aromatic N) is 4. The summed E-state index contributed by atoms with van der Waals surface area (Å²) in [4.78, 5) is 17.9. The SMILES string of the molecule is CCC(=O)N1CCC(NC(=NC)NCCc2ccn(-c3ccc(F)cc3)n2)C1.I. The van der Waals surface area contributed by atoms with Gasteiger partial charge in [-0.3, -0.25) is 9.79 Å². The van der Waals surface area contributed by atoms with Gasteiger partial charge in [0.05, 0.1) is 11.4 Å². The molecule has 0 spiro atoms. The lowest BCUT2D eigenvalue weighted by Crippen LogP contribution is -2.45. The van der Waals surface area contributed by atoms with Crippen molar-refractivity contribution in [3.63, 3.8) is 0 Å². The Kier molecular flexibility index (Phi) is 8.87. The van der Waals surface area contributed by atoms with Crippen LogP contribution in [0.25, 0.3) is 5.69 Å². The van der Waals surface area contributed by atoms with Crippen molar-refractivity contribution in [2.45, 2.75) is 32.2 Å². The zero-order chi connectivity index (χ0) is 19.9. The number of likely N-dealkylation sites (tertiary alicyclic amines) is 1. The molecule has 1 atom stereocenters. The minimum atomic E-state index is -0.261. The van der Waals surface area contributed by atoms with Crippen LogP contribution < -0.4 is 10.6 Å². The molecule has 3 rings (SSSR count). The summed E-state index contributed by atoms with van der Waals surface area (Å²) in [6, 6.07) is 8.42. The van der Waals surface area contributed by atoms with Crippen molar-refractivity contribution >= 4 is 35.8 Å². The molecule has 1 amide bonds. The molecule has 1 saturated heterocycles. The molecule has 1 aromatic heterocycles. The maximum absolute atomic E-state index is 13.0. The van der Waals surface area contributed by atoms with E-state index >= 15 is 0 Å². The number of carbonyl (C=O) groups is 1. The van der Waals surface area contributed by atoms with Crippen LogP contribution >= 0.6 is 24.0 Å². The Balaban J connectivity index is 0.00000300. The number of halogens is 2. The van der Waals surface area contributed by atoms with Crippen molar-refractivity contribution in [1.29, 1.82) is 0 Å². The third kappa shape index (κ3) is 6.41. The maximum Gasteiger partial charge on any atom is 0.222 e. The van der Waals surface area contributed by atoms with Crippen LogP contribution in [0, 0.1) is 5.82 Å². The molecule has 2 N–H and O–H groups in total. The number of rotatable bonds is 6. The molecule has 2 heterocycles. The molecule has 1 aliphatic heterocycles. The fraction of sp³-hybridized carbons (Fsp3) is 0.450. The number of aliphatic imine (C=N–C) groups is 1. The highest BCUT2D eigenvalue weighted by Gasteiger charge is 2.25. The van der Waals surface area contributed by atoms with Gasteiger partial charge in [0.25, 0.3) is 0 Å². The number of benzene rings is 1. The van der Waals surface area contributed by atoms with Crippen LogP contribution in [0.15, 0.2) is 41.5 Å². The van der Waals surface area contributed by atoms with E-state index in [1.807, 2.05) is 24.1 Å². The minimum Gasteiger partial charge on any atom is -0.356 e. The predicted octanol–water partition coefficient (Wildman–Crippen LogP) is 2.35. The second-order valence-electron chi connectivity index (χ2n) is 6.80. The van der Waals surface area contributed by atoms with E-state index in [0.717, 1.165) is 43.3 Å². The summed E-state index contributed by atoms with van der Waals surface area (Å²) in [5.41, 5.74) is 1.76. The maximum atomic E-state index is 13.0. The Morgan fingerprint density at radius 2 is 2.07 bits per heavy atom. The van der Waals surface area contributed by atoms with Crippen LogP contribution in [0.3, 0.4) is 0 Å². The lowest BCUT2D eigenvalue weighted by Gasteiger charge is -2.18. The average molecular weight is 514 g/mol. The summed E-state index contributed by atoms with van der Waals surface area (Å²) in [5.74, 6) is 0.668. The normalized spacial score (nSPS) is 16.4. The molecule has 1 aliphatic rings. The van der Waals surface area contributed by atoms with Gasteiger partial charge < -0.3 is 15.5 Å². The van der Waals surface area contributed by atoms with Gasteiger partial charge in [0.1, 0.15) is 5.82 Å². The third-order valence-electron chi connectivity index (χ3n) is 4.82. The second-order valence-corrected chi connectivity index (χ2v) is 6.80. The Labute approximate surface area is 187 Å². The largest absolute Gasteiger partial charge is 0.356 e. The first-order valence-corrected chi connectivity index (χ1v) is 9.64. The van der Waals surface area contributed by atoms with E-state index in [2.05, 4.69) is 20.7 Å². The molecular formula is C20H28FIN6O. The van der Waals surface area contributed by atoms with Crippen LogP contribution in [0.1, 0.15) is 25.5 Å². The minimum absolute atomic E-state index is 0. The molecule has 1 unspecified atom stereocenters. The van der Waals surface area contributed by atoms with Crippen molar-refractivity contribution < 1.29 is 9.18 Å². The Morgan fingerprint density at radius 3 is 2.76 bits per heavy atom. The first-order chi connectivity index (χ1) is 13.6. The topological polar surface area (TPSA) is 74.6 Å². The Morgan fingerprint density at radius 1 is 1.31 bits per heavy atom. The highest BCUT2D eigenvalue weighted by Crippen LogP contribution is 2.11. The molecule has 9 heteroatoms. The van der Waals surface area contributed by atoms with Crippen molar-refractivity contribution in [2.75, 3.05) is 26.7 Å². The average Bonchev–Trinajstić information content (AvgIpc) is 3.37. The zero-order valence-electron chi connectivity index (χ0n) is 16.8. The van der Waals surface area contributed by atoms with Gasteiger partial charge in [-0.1, -0.05) is 6.92 Å². The van der Waals surface area contributed by atoms with E-state index in [1.54, 1.807) is 23.9 Å². The lowest BCUT2D eigenvalue weighted by atomic mass is 10.3. The summed E-state index contributed by atoms with van der Waals surface area (Å²) in [6.45, 7) is 4.09. The summed E-state index contributed by atoms with van der Waals surface area (Å²) in [6.07, 6.45) is 4.08. The number of aromatic nitrogens is 2. The first kappa shape index (κ1) is 23.1. The Bertz CT molecular complexity index is 823. The molecule has 158 valence electrons. The van der Waals surface area contributed by atoms with E-state index in [0.29, 0.717) is 13.0 Å². The number of nitrogens with one attached hydrogen (secondary N) is 2. The first-order valence-electron chi connectivity index (χ1n) is 9.64. The Hall–Kier alpha value is -2.17.